The Morgan fingerprint density at radius 2 is 1.94 bits per heavy atom. The van der Waals surface area contributed by atoms with E-state index >= 15 is 0 Å². The number of sulfonamides is 1. The molecule has 0 radical (unpaired) electrons. The molecule has 0 unspecified atom stereocenters. The monoisotopic (exact) mass is 257 g/mol. The Hall–Kier alpha value is -1.40. The standard InChI is InChI=1S/C11H15NO4S/c1-7-4-5-10(8(2)6-7)17(15,16)12-9(3)11(13)14/h4-6,9,12H,1-3H3,(H,13,14)/t9-/m1/s1. The van der Waals surface area contributed by atoms with Crippen molar-refractivity contribution in [2.75, 3.05) is 0 Å². The minimum atomic E-state index is -3.78. The van der Waals surface area contributed by atoms with Crippen molar-refractivity contribution in [3.63, 3.8) is 0 Å². The van der Waals surface area contributed by atoms with Gasteiger partial charge in [0.2, 0.25) is 10.0 Å². The van der Waals surface area contributed by atoms with E-state index in [0.717, 1.165) is 5.56 Å². The zero-order valence-corrected chi connectivity index (χ0v) is 10.7. The average molecular weight is 257 g/mol. The van der Waals surface area contributed by atoms with Gasteiger partial charge in [-0.2, -0.15) is 4.72 Å². The third kappa shape index (κ3) is 3.28. The van der Waals surface area contributed by atoms with Crippen LogP contribution in [0.1, 0.15) is 18.1 Å². The summed E-state index contributed by atoms with van der Waals surface area (Å²) in [5.74, 6) is -1.21. The first kappa shape index (κ1) is 13.7. The minimum Gasteiger partial charge on any atom is -0.480 e. The molecular weight excluding hydrogens is 242 g/mol. The maximum atomic E-state index is 11.9. The van der Waals surface area contributed by atoms with Gasteiger partial charge in [0, 0.05) is 0 Å². The number of aryl methyl sites for hydroxylation is 2. The van der Waals surface area contributed by atoms with E-state index in [9.17, 15) is 13.2 Å². The highest BCUT2D eigenvalue weighted by atomic mass is 32.2. The van der Waals surface area contributed by atoms with Gasteiger partial charge in [-0.1, -0.05) is 17.7 Å². The molecule has 17 heavy (non-hydrogen) atoms. The molecule has 0 bridgehead atoms. The van der Waals surface area contributed by atoms with E-state index in [2.05, 4.69) is 4.72 Å². The molecule has 0 aliphatic carbocycles. The summed E-state index contributed by atoms with van der Waals surface area (Å²) in [4.78, 5) is 10.7. The van der Waals surface area contributed by atoms with Crippen molar-refractivity contribution in [2.45, 2.75) is 31.7 Å². The molecule has 2 N–H and O–H groups in total. The largest absolute Gasteiger partial charge is 0.480 e. The predicted molar refractivity (Wildman–Crippen MR) is 63.3 cm³/mol. The van der Waals surface area contributed by atoms with Crippen molar-refractivity contribution in [1.82, 2.24) is 4.72 Å². The van der Waals surface area contributed by atoms with E-state index in [1.807, 2.05) is 6.92 Å². The normalized spacial score (nSPS) is 13.4. The van der Waals surface area contributed by atoms with Gasteiger partial charge in [-0.3, -0.25) is 4.79 Å². The summed E-state index contributed by atoms with van der Waals surface area (Å²) in [6, 6.07) is 3.73. The van der Waals surface area contributed by atoms with E-state index in [1.54, 1.807) is 19.1 Å². The van der Waals surface area contributed by atoms with Crippen molar-refractivity contribution in [3.8, 4) is 0 Å². The Morgan fingerprint density at radius 3 is 2.41 bits per heavy atom. The number of hydrogen-bond donors (Lipinski definition) is 2. The lowest BCUT2D eigenvalue weighted by molar-refractivity contribution is -0.138. The van der Waals surface area contributed by atoms with Gasteiger partial charge < -0.3 is 5.11 Å². The summed E-state index contributed by atoms with van der Waals surface area (Å²) in [5.41, 5.74) is 1.54. The molecule has 94 valence electrons. The van der Waals surface area contributed by atoms with Crippen molar-refractivity contribution in [3.05, 3.63) is 29.3 Å². The molecule has 0 saturated carbocycles. The fourth-order valence-corrected chi connectivity index (χ4v) is 2.87. The lowest BCUT2D eigenvalue weighted by atomic mass is 10.2. The molecule has 1 atom stereocenters. The zero-order chi connectivity index (χ0) is 13.2. The number of hydrogen-bond acceptors (Lipinski definition) is 3. The number of nitrogens with one attached hydrogen (secondary N) is 1. The molecule has 5 nitrogen and oxygen atoms in total. The van der Waals surface area contributed by atoms with Crippen LogP contribution in [0.15, 0.2) is 23.1 Å². The first-order chi connectivity index (χ1) is 7.74. The smallest absolute Gasteiger partial charge is 0.321 e. The van der Waals surface area contributed by atoms with Crippen molar-refractivity contribution in [2.24, 2.45) is 0 Å². The van der Waals surface area contributed by atoms with Gasteiger partial charge in [-0.15, -0.1) is 0 Å². The Kier molecular flexibility index (Phi) is 3.90. The summed E-state index contributed by atoms with van der Waals surface area (Å²) < 4.78 is 25.9. The lowest BCUT2D eigenvalue weighted by Crippen LogP contribution is -2.38. The van der Waals surface area contributed by atoms with Crippen LogP contribution in [-0.2, 0) is 14.8 Å². The highest BCUT2D eigenvalue weighted by molar-refractivity contribution is 7.89. The summed E-state index contributed by atoms with van der Waals surface area (Å²) in [6.07, 6.45) is 0. The molecular formula is C11H15NO4S. The molecule has 0 aliphatic heterocycles. The molecule has 1 aromatic carbocycles. The fraction of sp³-hybridized carbons (Fsp3) is 0.364. The summed E-state index contributed by atoms with van der Waals surface area (Å²) in [6.45, 7) is 4.81. The molecule has 0 amide bonds. The highest BCUT2D eigenvalue weighted by Gasteiger charge is 2.22. The number of carboxylic acids is 1. The van der Waals surface area contributed by atoms with E-state index in [4.69, 9.17) is 5.11 Å². The van der Waals surface area contributed by atoms with Crippen LogP contribution in [-0.4, -0.2) is 25.5 Å². The van der Waals surface area contributed by atoms with Gasteiger partial charge in [0.15, 0.2) is 0 Å². The number of benzene rings is 1. The average Bonchev–Trinajstić information content (AvgIpc) is 2.15. The van der Waals surface area contributed by atoms with Crippen LogP contribution in [0.25, 0.3) is 0 Å². The first-order valence-electron chi connectivity index (χ1n) is 5.06. The maximum Gasteiger partial charge on any atom is 0.321 e. The van der Waals surface area contributed by atoms with Gasteiger partial charge in [0.05, 0.1) is 4.90 Å². The van der Waals surface area contributed by atoms with Gasteiger partial charge in [-0.25, -0.2) is 8.42 Å². The number of rotatable bonds is 4. The predicted octanol–water partition coefficient (Wildman–Crippen LogP) is 1.05. The maximum absolute atomic E-state index is 11.9. The second-order valence-electron chi connectivity index (χ2n) is 3.95. The second kappa shape index (κ2) is 4.85. The van der Waals surface area contributed by atoms with Crippen LogP contribution in [0, 0.1) is 13.8 Å². The molecule has 0 heterocycles. The van der Waals surface area contributed by atoms with E-state index < -0.39 is 22.0 Å². The van der Waals surface area contributed by atoms with Crippen LogP contribution in [0.2, 0.25) is 0 Å². The Morgan fingerprint density at radius 1 is 1.35 bits per heavy atom. The fourth-order valence-electron chi connectivity index (χ4n) is 1.45. The molecule has 0 spiro atoms. The van der Waals surface area contributed by atoms with Gasteiger partial charge in [-0.05, 0) is 32.4 Å². The quantitative estimate of drug-likeness (QED) is 0.844. The number of carboxylic acid groups (broad SMARTS) is 1. The molecule has 0 fully saturated rings. The van der Waals surface area contributed by atoms with Crippen molar-refractivity contribution >= 4 is 16.0 Å². The minimum absolute atomic E-state index is 0.108. The Balaban J connectivity index is 3.10. The van der Waals surface area contributed by atoms with Crippen LogP contribution < -0.4 is 4.72 Å². The van der Waals surface area contributed by atoms with Crippen LogP contribution in [0.5, 0.6) is 0 Å². The van der Waals surface area contributed by atoms with Crippen LogP contribution >= 0.6 is 0 Å². The topological polar surface area (TPSA) is 83.5 Å². The van der Waals surface area contributed by atoms with Gasteiger partial charge in [0.1, 0.15) is 6.04 Å². The van der Waals surface area contributed by atoms with Crippen LogP contribution in [0.4, 0.5) is 0 Å². The van der Waals surface area contributed by atoms with E-state index in [-0.39, 0.29) is 4.90 Å². The third-order valence-electron chi connectivity index (χ3n) is 2.32. The molecule has 0 aromatic heterocycles. The van der Waals surface area contributed by atoms with Crippen LogP contribution in [0.3, 0.4) is 0 Å². The molecule has 0 saturated heterocycles. The third-order valence-corrected chi connectivity index (χ3v) is 4.02. The molecule has 1 rings (SSSR count). The van der Waals surface area contributed by atoms with E-state index in [0.29, 0.717) is 5.56 Å². The number of carbonyl (C=O) groups is 1. The zero-order valence-electron chi connectivity index (χ0n) is 9.89. The SMILES string of the molecule is Cc1ccc(S(=O)(=O)N[C@H](C)C(=O)O)c(C)c1. The Labute approximate surface area is 101 Å². The molecule has 6 heteroatoms. The summed E-state index contributed by atoms with van der Waals surface area (Å²) in [5, 5.41) is 8.68. The Bertz CT molecular complexity index is 536. The first-order valence-corrected chi connectivity index (χ1v) is 6.55. The van der Waals surface area contributed by atoms with E-state index in [1.165, 1.54) is 13.0 Å². The number of aliphatic carboxylic acids is 1. The lowest BCUT2D eigenvalue weighted by Gasteiger charge is -2.12. The van der Waals surface area contributed by atoms with Gasteiger partial charge in [0.25, 0.3) is 0 Å². The van der Waals surface area contributed by atoms with Crippen molar-refractivity contribution < 1.29 is 18.3 Å². The summed E-state index contributed by atoms with van der Waals surface area (Å²) in [7, 11) is -3.78. The highest BCUT2D eigenvalue weighted by Crippen LogP contribution is 2.16. The molecule has 0 aliphatic rings. The molecule has 1 aromatic rings. The summed E-state index contributed by atoms with van der Waals surface area (Å²) >= 11 is 0. The van der Waals surface area contributed by atoms with Gasteiger partial charge >= 0.3 is 5.97 Å². The van der Waals surface area contributed by atoms with Crippen molar-refractivity contribution in [1.29, 1.82) is 0 Å². The second-order valence-corrected chi connectivity index (χ2v) is 5.63.